The van der Waals surface area contributed by atoms with Crippen LogP contribution in [0.4, 0.5) is 9.18 Å². The molecule has 3 atom stereocenters. The summed E-state index contributed by atoms with van der Waals surface area (Å²) in [7, 11) is 0. The molecule has 1 aromatic carbocycles. The van der Waals surface area contributed by atoms with Crippen molar-refractivity contribution in [3.8, 4) is 0 Å². The van der Waals surface area contributed by atoms with Gasteiger partial charge in [0.25, 0.3) is 0 Å². The van der Waals surface area contributed by atoms with Crippen molar-refractivity contribution in [2.75, 3.05) is 19.8 Å². The second-order valence-electron chi connectivity index (χ2n) is 8.28. The molecule has 1 rings (SSSR count). The van der Waals surface area contributed by atoms with E-state index in [2.05, 4.69) is 20.9 Å². The topological polar surface area (TPSA) is 198 Å². The molecule has 200 valence electrons. The van der Waals surface area contributed by atoms with Crippen LogP contribution in [-0.4, -0.2) is 72.7 Å². The summed E-state index contributed by atoms with van der Waals surface area (Å²) in [5.41, 5.74) is 11.2. The lowest BCUT2D eigenvalue weighted by Gasteiger charge is -2.25. The summed E-state index contributed by atoms with van der Waals surface area (Å²) in [4.78, 5) is 53.3. The van der Waals surface area contributed by atoms with E-state index in [1.807, 2.05) is 6.07 Å². The SMILES string of the molecule is CC(C)C(NC(=O)OCc1ccccc1)C(=O)N[C@@H](CO)C(=O)N[C@@H](CCCN=C(N)N)C(=O)CF. The number of alkyl carbamates (subject to hydrolysis) is 1. The minimum atomic E-state index is -1.45. The zero-order valence-corrected chi connectivity index (χ0v) is 20.4. The van der Waals surface area contributed by atoms with Crippen LogP contribution in [0.1, 0.15) is 32.3 Å². The number of alkyl halides is 1. The highest BCUT2D eigenvalue weighted by molar-refractivity contribution is 5.94. The molecule has 0 aliphatic rings. The lowest BCUT2D eigenvalue weighted by atomic mass is 10.0. The van der Waals surface area contributed by atoms with Crippen LogP contribution in [0.2, 0.25) is 0 Å². The number of benzene rings is 1. The van der Waals surface area contributed by atoms with Gasteiger partial charge in [0.15, 0.2) is 11.7 Å². The minimum absolute atomic E-state index is 0.00600. The smallest absolute Gasteiger partial charge is 0.408 e. The van der Waals surface area contributed by atoms with Gasteiger partial charge in [-0.1, -0.05) is 44.2 Å². The van der Waals surface area contributed by atoms with Gasteiger partial charge in [0.2, 0.25) is 11.8 Å². The highest BCUT2D eigenvalue weighted by atomic mass is 19.1. The number of aliphatic hydroxyl groups is 1. The van der Waals surface area contributed by atoms with Crippen molar-refractivity contribution in [1.29, 1.82) is 0 Å². The third kappa shape index (κ3) is 11.1. The molecule has 3 amide bonds. The number of ether oxygens (including phenoxy) is 1. The standard InChI is InChI=1S/C23H35FN6O6/c1-14(2)19(30-23(35)36-13-15-7-4-3-5-8-15)21(34)29-17(12-31)20(33)28-16(18(32)11-24)9-6-10-27-22(25)26/h3-5,7-8,14,16-17,19,31H,6,9-13H2,1-2H3,(H,28,33)(H,29,34)(H,30,35)(H4,25,26,27)/t16-,17-,19?/m0/s1. The summed E-state index contributed by atoms with van der Waals surface area (Å²) in [6.45, 7) is 1.38. The first-order chi connectivity index (χ1) is 17.1. The van der Waals surface area contributed by atoms with Crippen LogP contribution in [0.15, 0.2) is 35.3 Å². The van der Waals surface area contributed by atoms with E-state index in [0.29, 0.717) is 0 Å². The van der Waals surface area contributed by atoms with Crippen LogP contribution >= 0.6 is 0 Å². The monoisotopic (exact) mass is 510 g/mol. The van der Waals surface area contributed by atoms with Gasteiger partial charge in [0.05, 0.1) is 12.6 Å². The van der Waals surface area contributed by atoms with Crippen molar-refractivity contribution >= 4 is 29.7 Å². The second kappa shape index (κ2) is 16.0. The maximum Gasteiger partial charge on any atom is 0.408 e. The van der Waals surface area contributed by atoms with Gasteiger partial charge >= 0.3 is 6.09 Å². The minimum Gasteiger partial charge on any atom is -0.445 e. The molecule has 0 saturated carbocycles. The molecule has 0 aromatic heterocycles. The maximum atomic E-state index is 13.0. The van der Waals surface area contributed by atoms with Crippen molar-refractivity contribution in [3.63, 3.8) is 0 Å². The number of nitrogens with zero attached hydrogens (tertiary/aromatic N) is 1. The molecule has 12 nitrogen and oxygen atoms in total. The number of ketones is 1. The highest BCUT2D eigenvalue weighted by Gasteiger charge is 2.30. The first-order valence-electron chi connectivity index (χ1n) is 11.4. The fourth-order valence-corrected chi connectivity index (χ4v) is 3.06. The Morgan fingerprint density at radius 2 is 1.67 bits per heavy atom. The first kappa shape index (κ1) is 30.3. The van der Waals surface area contributed by atoms with Gasteiger partial charge in [-0.05, 0) is 24.3 Å². The summed E-state index contributed by atoms with van der Waals surface area (Å²) in [6.07, 6.45) is -0.525. The molecule has 0 fully saturated rings. The summed E-state index contributed by atoms with van der Waals surface area (Å²) >= 11 is 0. The number of nitrogens with two attached hydrogens (primary N) is 2. The number of rotatable bonds is 15. The van der Waals surface area contributed by atoms with Crippen molar-refractivity contribution in [2.45, 2.75) is 51.4 Å². The van der Waals surface area contributed by atoms with Crippen LogP contribution in [0.3, 0.4) is 0 Å². The fourth-order valence-electron chi connectivity index (χ4n) is 3.06. The predicted molar refractivity (Wildman–Crippen MR) is 130 cm³/mol. The molecular formula is C23H35FN6O6. The van der Waals surface area contributed by atoms with E-state index >= 15 is 0 Å². The maximum absolute atomic E-state index is 13.0. The average molecular weight is 511 g/mol. The van der Waals surface area contributed by atoms with Gasteiger partial charge < -0.3 is 37.3 Å². The molecule has 0 heterocycles. The van der Waals surface area contributed by atoms with Crippen molar-refractivity contribution < 1.29 is 33.4 Å². The Morgan fingerprint density at radius 1 is 1.03 bits per heavy atom. The molecule has 1 unspecified atom stereocenters. The van der Waals surface area contributed by atoms with E-state index in [0.717, 1.165) is 5.56 Å². The van der Waals surface area contributed by atoms with E-state index in [1.54, 1.807) is 38.1 Å². The molecule has 0 aliphatic heterocycles. The number of hydrogen-bond acceptors (Lipinski definition) is 7. The third-order valence-corrected chi connectivity index (χ3v) is 5.03. The van der Waals surface area contributed by atoms with Crippen LogP contribution < -0.4 is 27.4 Å². The molecule has 1 aromatic rings. The van der Waals surface area contributed by atoms with E-state index in [-0.39, 0.29) is 32.0 Å². The molecule has 0 aliphatic carbocycles. The molecule has 0 radical (unpaired) electrons. The molecule has 0 saturated heterocycles. The summed E-state index contributed by atoms with van der Waals surface area (Å²) in [6, 6.07) is 5.20. The van der Waals surface area contributed by atoms with Crippen molar-refractivity contribution in [3.05, 3.63) is 35.9 Å². The Morgan fingerprint density at radius 3 is 2.22 bits per heavy atom. The fraction of sp³-hybridized carbons (Fsp3) is 0.522. The Kier molecular flexibility index (Phi) is 13.5. The van der Waals surface area contributed by atoms with Crippen molar-refractivity contribution in [2.24, 2.45) is 22.4 Å². The van der Waals surface area contributed by atoms with E-state index in [9.17, 15) is 28.7 Å². The number of aliphatic hydroxyl groups excluding tert-OH is 1. The molecule has 8 N–H and O–H groups in total. The predicted octanol–water partition coefficient (Wildman–Crippen LogP) is -0.508. The second-order valence-corrected chi connectivity index (χ2v) is 8.28. The number of halogens is 1. The van der Waals surface area contributed by atoms with Crippen LogP contribution in [0.5, 0.6) is 0 Å². The molecule has 13 heteroatoms. The van der Waals surface area contributed by atoms with Crippen LogP contribution in [0.25, 0.3) is 0 Å². The van der Waals surface area contributed by atoms with Gasteiger partial charge in [-0.25, -0.2) is 9.18 Å². The summed E-state index contributed by atoms with van der Waals surface area (Å²) in [5, 5.41) is 16.8. The highest BCUT2D eigenvalue weighted by Crippen LogP contribution is 2.06. The first-order valence-corrected chi connectivity index (χ1v) is 11.4. The zero-order valence-electron chi connectivity index (χ0n) is 20.4. The lowest BCUT2D eigenvalue weighted by Crippen LogP contribution is -2.58. The number of aliphatic imine (C=N–C) groups is 1. The van der Waals surface area contributed by atoms with Gasteiger partial charge in [0, 0.05) is 6.54 Å². The number of guanidine groups is 1. The zero-order chi connectivity index (χ0) is 27.1. The largest absolute Gasteiger partial charge is 0.445 e. The summed E-state index contributed by atoms with van der Waals surface area (Å²) in [5.74, 6) is -3.06. The van der Waals surface area contributed by atoms with E-state index < -0.39 is 61.0 Å². The number of Topliss-reactive ketones (excluding diaryl/α,β-unsaturated/α-hetero) is 1. The number of carbonyl (C=O) groups is 4. The Labute approximate surface area is 209 Å². The van der Waals surface area contributed by atoms with E-state index in [4.69, 9.17) is 16.2 Å². The Balaban J connectivity index is 2.73. The molecule has 36 heavy (non-hydrogen) atoms. The Hall–Kier alpha value is -3.74. The molecule has 0 spiro atoms. The van der Waals surface area contributed by atoms with Gasteiger partial charge in [-0.3, -0.25) is 19.4 Å². The molecule has 0 bridgehead atoms. The normalized spacial score (nSPS) is 13.1. The number of nitrogens with one attached hydrogen (secondary N) is 3. The van der Waals surface area contributed by atoms with Crippen LogP contribution in [0, 0.1) is 5.92 Å². The lowest BCUT2D eigenvalue weighted by molar-refractivity contribution is -0.133. The quantitative estimate of drug-likeness (QED) is 0.103. The third-order valence-electron chi connectivity index (χ3n) is 5.03. The number of hydrogen-bond donors (Lipinski definition) is 6. The van der Waals surface area contributed by atoms with E-state index in [1.165, 1.54) is 0 Å². The average Bonchev–Trinajstić information content (AvgIpc) is 2.85. The van der Waals surface area contributed by atoms with Gasteiger partial charge in [-0.2, -0.15) is 0 Å². The Bertz CT molecular complexity index is 894. The number of amides is 3. The van der Waals surface area contributed by atoms with Crippen molar-refractivity contribution in [1.82, 2.24) is 16.0 Å². The number of carbonyl (C=O) groups excluding carboxylic acids is 4. The van der Waals surface area contributed by atoms with Gasteiger partial charge in [0.1, 0.15) is 25.4 Å². The summed E-state index contributed by atoms with van der Waals surface area (Å²) < 4.78 is 18.1. The molecular weight excluding hydrogens is 475 g/mol. The van der Waals surface area contributed by atoms with Crippen LogP contribution in [-0.2, 0) is 25.7 Å². The van der Waals surface area contributed by atoms with Gasteiger partial charge in [-0.15, -0.1) is 0 Å².